The molecule has 3 aromatic rings. The first-order valence-electron chi connectivity index (χ1n) is 8.83. The molecule has 4 nitrogen and oxygen atoms in total. The highest BCUT2D eigenvalue weighted by Crippen LogP contribution is 2.67. The number of rotatable bonds is 8. The predicted octanol–water partition coefficient (Wildman–Crippen LogP) is 4.07. The Labute approximate surface area is 159 Å². The summed E-state index contributed by atoms with van der Waals surface area (Å²) in [4.78, 5) is 0. The SMILES string of the molecule is O=P(c1ccccc1)(C(O)c1ccccc1)C(OCCO)c1ccccc1. The molecule has 140 valence electrons. The summed E-state index contributed by atoms with van der Waals surface area (Å²) in [7, 11) is -3.52. The normalized spacial score (nSPS) is 15.6. The van der Waals surface area contributed by atoms with Crippen LogP contribution in [0.2, 0.25) is 0 Å². The van der Waals surface area contributed by atoms with Gasteiger partial charge < -0.3 is 19.5 Å². The number of hydrogen-bond donors (Lipinski definition) is 2. The molecule has 0 fully saturated rings. The quantitative estimate of drug-likeness (QED) is 0.576. The maximum Gasteiger partial charge on any atom is 0.178 e. The first-order chi connectivity index (χ1) is 13.2. The molecule has 0 saturated heterocycles. The Bertz CT molecular complexity index is 869. The Morgan fingerprint density at radius 1 is 0.778 bits per heavy atom. The smallest absolute Gasteiger partial charge is 0.178 e. The minimum atomic E-state index is -3.52. The molecule has 0 radical (unpaired) electrons. The minimum absolute atomic E-state index is 0.0257. The summed E-state index contributed by atoms with van der Waals surface area (Å²) in [6.07, 6.45) is 0. The van der Waals surface area contributed by atoms with Crippen LogP contribution in [-0.2, 0) is 9.30 Å². The molecular weight excluding hydrogens is 359 g/mol. The number of aliphatic hydroxyl groups is 2. The van der Waals surface area contributed by atoms with Gasteiger partial charge in [-0.2, -0.15) is 0 Å². The molecule has 0 aromatic heterocycles. The molecular formula is C22H23O4P. The van der Waals surface area contributed by atoms with Crippen LogP contribution in [0.25, 0.3) is 0 Å². The Kier molecular flexibility index (Phi) is 6.59. The summed E-state index contributed by atoms with van der Waals surface area (Å²) in [5, 5.41) is 21.0. The van der Waals surface area contributed by atoms with E-state index in [1.54, 1.807) is 48.5 Å². The third-order valence-corrected chi connectivity index (χ3v) is 7.69. The van der Waals surface area contributed by atoms with Gasteiger partial charge in [-0.1, -0.05) is 91.0 Å². The maximum atomic E-state index is 14.5. The van der Waals surface area contributed by atoms with E-state index in [4.69, 9.17) is 4.74 Å². The second-order valence-corrected chi connectivity index (χ2v) is 9.08. The lowest BCUT2D eigenvalue weighted by molar-refractivity contribution is 0.0662. The summed E-state index contributed by atoms with van der Waals surface area (Å²) in [5.74, 6) is -2.10. The van der Waals surface area contributed by atoms with Crippen molar-refractivity contribution in [1.29, 1.82) is 0 Å². The third-order valence-electron chi connectivity index (χ3n) is 4.42. The fourth-order valence-electron chi connectivity index (χ4n) is 3.12. The van der Waals surface area contributed by atoms with E-state index in [9.17, 15) is 14.8 Å². The van der Waals surface area contributed by atoms with E-state index in [1.165, 1.54) is 0 Å². The van der Waals surface area contributed by atoms with Crippen LogP contribution in [0.15, 0.2) is 91.0 Å². The van der Waals surface area contributed by atoms with Crippen LogP contribution in [0.1, 0.15) is 22.8 Å². The van der Waals surface area contributed by atoms with Crippen LogP contribution >= 0.6 is 7.14 Å². The second-order valence-electron chi connectivity index (χ2n) is 6.19. The van der Waals surface area contributed by atoms with Crippen molar-refractivity contribution in [3.8, 4) is 0 Å². The van der Waals surface area contributed by atoms with Gasteiger partial charge in [-0.3, -0.25) is 0 Å². The Balaban J connectivity index is 2.16. The van der Waals surface area contributed by atoms with Crippen molar-refractivity contribution >= 4 is 12.4 Å². The van der Waals surface area contributed by atoms with E-state index in [2.05, 4.69) is 0 Å². The lowest BCUT2D eigenvalue weighted by Crippen LogP contribution is -2.21. The van der Waals surface area contributed by atoms with Gasteiger partial charge in [-0.05, 0) is 11.1 Å². The summed E-state index contributed by atoms with van der Waals surface area (Å²) in [6.45, 7) is -0.169. The molecule has 0 saturated carbocycles. The number of ether oxygens (including phenoxy) is 1. The van der Waals surface area contributed by atoms with Crippen LogP contribution in [0.3, 0.4) is 0 Å². The van der Waals surface area contributed by atoms with Crippen molar-refractivity contribution in [2.24, 2.45) is 0 Å². The van der Waals surface area contributed by atoms with Crippen molar-refractivity contribution in [2.45, 2.75) is 11.7 Å². The molecule has 0 spiro atoms. The van der Waals surface area contributed by atoms with E-state index in [1.807, 2.05) is 42.5 Å². The van der Waals surface area contributed by atoms with Crippen molar-refractivity contribution in [3.63, 3.8) is 0 Å². The van der Waals surface area contributed by atoms with E-state index in [-0.39, 0.29) is 13.2 Å². The van der Waals surface area contributed by atoms with Crippen molar-refractivity contribution in [2.75, 3.05) is 13.2 Å². The van der Waals surface area contributed by atoms with Gasteiger partial charge in [-0.25, -0.2) is 0 Å². The zero-order chi connectivity index (χ0) is 19.1. The molecule has 5 heteroatoms. The summed E-state index contributed by atoms with van der Waals surface area (Å²) in [5.41, 5.74) is 1.27. The van der Waals surface area contributed by atoms with Crippen molar-refractivity contribution < 1.29 is 19.5 Å². The first kappa shape index (κ1) is 19.5. The molecule has 0 heterocycles. The molecule has 0 aliphatic heterocycles. The van der Waals surface area contributed by atoms with E-state index >= 15 is 0 Å². The van der Waals surface area contributed by atoms with E-state index < -0.39 is 18.8 Å². The van der Waals surface area contributed by atoms with Crippen LogP contribution in [0.4, 0.5) is 0 Å². The predicted molar refractivity (Wildman–Crippen MR) is 107 cm³/mol. The molecule has 3 atom stereocenters. The largest absolute Gasteiger partial charge is 0.394 e. The first-order valence-corrected chi connectivity index (χ1v) is 10.7. The van der Waals surface area contributed by atoms with Gasteiger partial charge in [0.15, 0.2) is 7.14 Å². The highest BCUT2D eigenvalue weighted by molar-refractivity contribution is 7.71. The third kappa shape index (κ3) is 4.20. The molecule has 3 aromatic carbocycles. The molecule has 0 aliphatic rings. The lowest BCUT2D eigenvalue weighted by atomic mass is 10.2. The second kappa shape index (κ2) is 9.12. The summed E-state index contributed by atoms with van der Waals surface area (Å²) in [6, 6.07) is 27.1. The van der Waals surface area contributed by atoms with Gasteiger partial charge >= 0.3 is 0 Å². The molecule has 0 aliphatic carbocycles. The van der Waals surface area contributed by atoms with Gasteiger partial charge in [0, 0.05) is 5.30 Å². The lowest BCUT2D eigenvalue weighted by Gasteiger charge is -2.32. The van der Waals surface area contributed by atoms with Crippen molar-refractivity contribution in [1.82, 2.24) is 0 Å². The Hall–Kier alpha value is -2.23. The van der Waals surface area contributed by atoms with Crippen LogP contribution in [-0.4, -0.2) is 23.4 Å². The average Bonchev–Trinajstić information content (AvgIpc) is 2.75. The Morgan fingerprint density at radius 2 is 1.26 bits per heavy atom. The Morgan fingerprint density at radius 3 is 1.78 bits per heavy atom. The summed E-state index contributed by atoms with van der Waals surface area (Å²) >= 11 is 0. The highest BCUT2D eigenvalue weighted by Gasteiger charge is 2.43. The standard InChI is InChI=1S/C22H23O4P/c23-16-17-26-22(19-12-6-2-7-13-19)27(25,20-14-8-3-9-15-20)21(24)18-10-4-1-5-11-18/h1-15,21-24H,16-17H2. The van der Waals surface area contributed by atoms with Crippen LogP contribution in [0.5, 0.6) is 0 Å². The molecule has 3 rings (SSSR count). The highest BCUT2D eigenvalue weighted by atomic mass is 31.2. The monoisotopic (exact) mass is 382 g/mol. The van der Waals surface area contributed by atoms with Gasteiger partial charge in [0.2, 0.25) is 0 Å². The summed E-state index contributed by atoms with van der Waals surface area (Å²) < 4.78 is 20.3. The number of aliphatic hydroxyl groups excluding tert-OH is 2. The maximum absolute atomic E-state index is 14.5. The molecule has 3 unspecified atom stereocenters. The average molecular weight is 382 g/mol. The fraction of sp³-hybridized carbons (Fsp3) is 0.182. The number of benzene rings is 3. The van der Waals surface area contributed by atoms with Gasteiger partial charge in [-0.15, -0.1) is 0 Å². The molecule has 27 heavy (non-hydrogen) atoms. The zero-order valence-electron chi connectivity index (χ0n) is 14.9. The zero-order valence-corrected chi connectivity index (χ0v) is 15.8. The fourth-order valence-corrected chi connectivity index (χ4v) is 6.13. The molecule has 2 N–H and O–H groups in total. The minimum Gasteiger partial charge on any atom is -0.394 e. The number of hydrogen-bond acceptors (Lipinski definition) is 4. The topological polar surface area (TPSA) is 66.8 Å². The molecule has 0 bridgehead atoms. The van der Waals surface area contributed by atoms with E-state index in [0.29, 0.717) is 16.4 Å². The van der Waals surface area contributed by atoms with Gasteiger partial charge in [0.05, 0.1) is 13.2 Å². The van der Waals surface area contributed by atoms with Crippen LogP contribution < -0.4 is 5.30 Å². The van der Waals surface area contributed by atoms with Gasteiger partial charge in [0.1, 0.15) is 11.7 Å². The van der Waals surface area contributed by atoms with E-state index in [0.717, 1.165) is 0 Å². The van der Waals surface area contributed by atoms with Crippen LogP contribution in [0, 0.1) is 0 Å². The van der Waals surface area contributed by atoms with Gasteiger partial charge in [0.25, 0.3) is 0 Å². The van der Waals surface area contributed by atoms with Crippen molar-refractivity contribution in [3.05, 3.63) is 102 Å². The molecule has 0 amide bonds.